The zero-order valence-electron chi connectivity index (χ0n) is 9.80. The van der Waals surface area contributed by atoms with Crippen LogP contribution in [-0.2, 0) is 6.61 Å². The molecular formula is C13H8BrClF2MgO. The van der Waals surface area contributed by atoms with Gasteiger partial charge in [0.25, 0.3) is 0 Å². The standard InChI is InChI=1S/C13H8ClF2O.BrH.Mg/c14-10-2-4-11(5-3-10)17-8-9-1-6-12(15)13(16)7-9;;/h1-4,6-7H,8H2;1H;/q-1;;+2/p-1. The Hall–Kier alpha value is -0.364. The van der Waals surface area contributed by atoms with Crippen LogP contribution in [0.15, 0.2) is 36.4 Å². The van der Waals surface area contributed by atoms with Crippen molar-refractivity contribution < 1.29 is 30.5 Å². The van der Waals surface area contributed by atoms with Gasteiger partial charge in [-0.05, 0) is 17.7 Å². The summed E-state index contributed by atoms with van der Waals surface area (Å²) in [5, 5.41) is 0.560. The van der Waals surface area contributed by atoms with E-state index in [1.165, 1.54) is 6.07 Å². The van der Waals surface area contributed by atoms with E-state index in [1.54, 1.807) is 18.2 Å². The molecule has 0 saturated carbocycles. The Morgan fingerprint density at radius 2 is 1.84 bits per heavy atom. The maximum atomic E-state index is 12.9. The van der Waals surface area contributed by atoms with Gasteiger partial charge in [0.15, 0.2) is 11.6 Å². The van der Waals surface area contributed by atoms with Crippen LogP contribution in [0.5, 0.6) is 5.75 Å². The van der Waals surface area contributed by atoms with Crippen molar-refractivity contribution in [2.45, 2.75) is 6.61 Å². The molecule has 0 radical (unpaired) electrons. The minimum absolute atomic E-state index is 0. The average molecular weight is 358 g/mol. The third-order valence-corrected chi connectivity index (χ3v) is 2.36. The van der Waals surface area contributed by atoms with Crippen LogP contribution in [0.25, 0.3) is 0 Å². The number of rotatable bonds is 3. The molecule has 0 heterocycles. The maximum absolute atomic E-state index is 12.9. The van der Waals surface area contributed by atoms with Crippen molar-refractivity contribution in [1.29, 1.82) is 0 Å². The van der Waals surface area contributed by atoms with Crippen LogP contribution in [0.2, 0.25) is 5.02 Å². The maximum Gasteiger partial charge on any atom is 2.00 e. The molecule has 19 heavy (non-hydrogen) atoms. The number of ether oxygens (including phenoxy) is 1. The molecule has 6 heteroatoms. The zero-order chi connectivity index (χ0) is 12.3. The Labute approximate surface area is 141 Å². The summed E-state index contributed by atoms with van der Waals surface area (Å²) in [4.78, 5) is 0. The Morgan fingerprint density at radius 1 is 1.11 bits per heavy atom. The van der Waals surface area contributed by atoms with Crippen LogP contribution in [0.1, 0.15) is 5.56 Å². The molecule has 96 valence electrons. The number of hydrogen-bond acceptors (Lipinski definition) is 1. The molecule has 2 rings (SSSR count). The predicted molar refractivity (Wildman–Crippen MR) is 66.7 cm³/mol. The Balaban J connectivity index is 0.00000162. The topological polar surface area (TPSA) is 9.23 Å². The molecular weight excluding hydrogens is 350 g/mol. The van der Waals surface area contributed by atoms with Crippen LogP contribution in [0.3, 0.4) is 0 Å². The normalized spacial score (nSPS) is 9.21. The van der Waals surface area contributed by atoms with Crippen LogP contribution < -0.4 is 21.7 Å². The third kappa shape index (κ3) is 5.65. The van der Waals surface area contributed by atoms with Crippen LogP contribution >= 0.6 is 11.6 Å². The van der Waals surface area contributed by atoms with Crippen molar-refractivity contribution in [2.75, 3.05) is 0 Å². The molecule has 0 spiro atoms. The van der Waals surface area contributed by atoms with Crippen molar-refractivity contribution >= 4 is 34.7 Å². The summed E-state index contributed by atoms with van der Waals surface area (Å²) in [6.07, 6.45) is 0. The Kier molecular flexibility index (Phi) is 8.57. The third-order valence-electron chi connectivity index (χ3n) is 2.12. The molecule has 0 atom stereocenters. The van der Waals surface area contributed by atoms with E-state index in [1.807, 2.05) is 0 Å². The van der Waals surface area contributed by atoms with Gasteiger partial charge in [-0.2, -0.15) is 23.7 Å². The first kappa shape index (κ1) is 18.6. The van der Waals surface area contributed by atoms with Gasteiger partial charge in [0.05, 0.1) is 0 Å². The molecule has 0 aliphatic heterocycles. The molecule has 0 aromatic heterocycles. The fourth-order valence-corrected chi connectivity index (χ4v) is 1.39. The monoisotopic (exact) mass is 356 g/mol. The van der Waals surface area contributed by atoms with E-state index >= 15 is 0 Å². The molecule has 0 unspecified atom stereocenters. The van der Waals surface area contributed by atoms with E-state index in [9.17, 15) is 8.78 Å². The van der Waals surface area contributed by atoms with E-state index in [2.05, 4.69) is 6.07 Å². The summed E-state index contributed by atoms with van der Waals surface area (Å²) in [6.45, 7) is 0.148. The van der Waals surface area contributed by atoms with E-state index in [-0.39, 0.29) is 46.6 Å². The average Bonchev–Trinajstić information content (AvgIpc) is 2.33. The summed E-state index contributed by atoms with van der Waals surface area (Å²) < 4.78 is 30.9. The largest absolute Gasteiger partial charge is 2.00 e. The molecule has 0 aliphatic rings. The van der Waals surface area contributed by atoms with Gasteiger partial charge in [0, 0.05) is 5.75 Å². The molecule has 2 aromatic rings. The van der Waals surface area contributed by atoms with Crippen molar-refractivity contribution in [1.82, 2.24) is 0 Å². The second-order valence-corrected chi connectivity index (χ2v) is 3.84. The van der Waals surface area contributed by atoms with Gasteiger partial charge in [-0.3, -0.25) is 0 Å². The minimum atomic E-state index is -0.883. The SMILES string of the molecule is Fc1ccc(COc2[c-]cc(Cl)cc2)cc1F.[Br-].[Mg+2]. The fraction of sp³-hybridized carbons (Fsp3) is 0.0769. The number of benzene rings is 2. The van der Waals surface area contributed by atoms with Crippen LogP contribution in [-0.4, -0.2) is 23.1 Å². The van der Waals surface area contributed by atoms with E-state index in [0.717, 1.165) is 12.1 Å². The van der Waals surface area contributed by atoms with Gasteiger partial charge >= 0.3 is 23.1 Å². The summed E-state index contributed by atoms with van der Waals surface area (Å²) in [5.74, 6) is -1.25. The molecule has 0 bridgehead atoms. The van der Waals surface area contributed by atoms with Gasteiger partial charge < -0.3 is 21.7 Å². The molecule has 0 aliphatic carbocycles. The second kappa shape index (κ2) is 8.74. The van der Waals surface area contributed by atoms with Crippen molar-refractivity contribution in [3.05, 3.63) is 64.7 Å². The van der Waals surface area contributed by atoms with Gasteiger partial charge in [-0.25, -0.2) is 8.78 Å². The second-order valence-electron chi connectivity index (χ2n) is 3.41. The molecule has 0 fully saturated rings. The summed E-state index contributed by atoms with van der Waals surface area (Å²) in [7, 11) is 0. The Morgan fingerprint density at radius 3 is 2.42 bits per heavy atom. The minimum Gasteiger partial charge on any atom is -1.00 e. The quantitative estimate of drug-likeness (QED) is 0.578. The molecule has 0 saturated heterocycles. The van der Waals surface area contributed by atoms with Crippen LogP contribution in [0.4, 0.5) is 8.78 Å². The van der Waals surface area contributed by atoms with Gasteiger partial charge in [0.2, 0.25) is 0 Å². The van der Waals surface area contributed by atoms with E-state index in [0.29, 0.717) is 16.3 Å². The van der Waals surface area contributed by atoms with Crippen molar-refractivity contribution in [2.24, 2.45) is 0 Å². The Bertz CT molecular complexity index is 523. The first-order valence-corrected chi connectivity index (χ1v) is 5.27. The van der Waals surface area contributed by atoms with E-state index in [4.69, 9.17) is 16.3 Å². The molecule has 2 aromatic carbocycles. The first-order valence-electron chi connectivity index (χ1n) is 4.89. The summed E-state index contributed by atoms with van der Waals surface area (Å²) >= 11 is 5.69. The smallest absolute Gasteiger partial charge is 1.00 e. The summed E-state index contributed by atoms with van der Waals surface area (Å²) in [5.41, 5.74) is 0.548. The molecule has 1 nitrogen and oxygen atoms in total. The van der Waals surface area contributed by atoms with Crippen LogP contribution in [0, 0.1) is 17.7 Å². The van der Waals surface area contributed by atoms with E-state index < -0.39 is 11.6 Å². The summed E-state index contributed by atoms with van der Waals surface area (Å²) in [6, 6.07) is 11.3. The van der Waals surface area contributed by atoms with Crippen molar-refractivity contribution in [3.63, 3.8) is 0 Å². The van der Waals surface area contributed by atoms with Gasteiger partial charge in [-0.1, -0.05) is 11.1 Å². The number of hydrogen-bond donors (Lipinski definition) is 0. The van der Waals surface area contributed by atoms with Gasteiger partial charge in [-0.15, -0.1) is 12.1 Å². The first-order chi connectivity index (χ1) is 8.15. The molecule has 0 N–H and O–H groups in total. The van der Waals surface area contributed by atoms with Gasteiger partial charge in [0.1, 0.15) is 6.61 Å². The van der Waals surface area contributed by atoms with Crippen molar-refractivity contribution in [3.8, 4) is 5.75 Å². The predicted octanol–water partition coefficient (Wildman–Crippen LogP) is 0.621. The zero-order valence-corrected chi connectivity index (χ0v) is 13.6. The molecule has 0 amide bonds. The number of halogens is 4. The fourth-order valence-electron chi connectivity index (χ4n) is 1.27.